The van der Waals surface area contributed by atoms with E-state index in [9.17, 15) is 10.2 Å². The maximum absolute atomic E-state index is 9.54. The summed E-state index contributed by atoms with van der Waals surface area (Å²) in [7, 11) is 0. The summed E-state index contributed by atoms with van der Waals surface area (Å²) >= 11 is 0. The van der Waals surface area contributed by atoms with Crippen LogP contribution in [-0.4, -0.2) is 16.3 Å². The number of benzene rings is 1. The molecular weight excluding hydrogens is 154 g/mol. The highest BCUT2D eigenvalue weighted by Gasteiger charge is 2.29. The molecule has 1 aliphatic rings. The number of rotatable bonds is 0. The highest BCUT2D eigenvalue weighted by molar-refractivity contribution is 5.45. The number of phenolic OH excluding ortho intramolecular Hbond substituents is 1. The molecule has 0 fully saturated rings. The second kappa shape index (κ2) is 2.47. The molecule has 12 heavy (non-hydrogen) atoms. The number of aliphatic hydroxyl groups is 1. The van der Waals surface area contributed by atoms with E-state index in [1.54, 1.807) is 18.2 Å². The van der Waals surface area contributed by atoms with Crippen LogP contribution in [0.15, 0.2) is 18.2 Å². The van der Waals surface area contributed by atoms with Crippen LogP contribution in [0.3, 0.4) is 0 Å². The molecule has 0 unspecified atom stereocenters. The average Bonchev–Trinajstić information content (AvgIpc) is 2.32. The number of phenols is 1. The molecule has 1 aliphatic carbocycles. The van der Waals surface area contributed by atoms with E-state index in [0.29, 0.717) is 6.42 Å². The summed E-state index contributed by atoms with van der Waals surface area (Å²) in [5, 5.41) is 18.9. The predicted octanol–water partition coefficient (Wildman–Crippen LogP) is 0.309. The van der Waals surface area contributed by atoms with Gasteiger partial charge in [-0.25, -0.2) is 0 Å². The van der Waals surface area contributed by atoms with E-state index in [2.05, 4.69) is 0 Å². The van der Waals surface area contributed by atoms with Gasteiger partial charge in [-0.1, -0.05) is 12.1 Å². The molecule has 0 aromatic heterocycles. The van der Waals surface area contributed by atoms with Crippen molar-refractivity contribution in [3.63, 3.8) is 0 Å². The summed E-state index contributed by atoms with van der Waals surface area (Å²) in [6.07, 6.45) is -0.0597. The van der Waals surface area contributed by atoms with Crippen molar-refractivity contribution in [1.82, 2.24) is 0 Å². The van der Waals surface area contributed by atoms with E-state index >= 15 is 0 Å². The van der Waals surface area contributed by atoms with Gasteiger partial charge in [-0.05, 0) is 18.1 Å². The van der Waals surface area contributed by atoms with E-state index in [-0.39, 0.29) is 11.8 Å². The van der Waals surface area contributed by atoms with E-state index in [1.807, 2.05) is 0 Å². The number of nitrogens with two attached hydrogens (primary N) is 1. The Morgan fingerprint density at radius 3 is 2.83 bits per heavy atom. The monoisotopic (exact) mass is 165 g/mol. The molecular formula is C9H11NO2. The molecule has 0 aliphatic heterocycles. The summed E-state index contributed by atoms with van der Waals surface area (Å²) in [5.74, 6) is 0.236. The molecule has 3 heteroatoms. The second-order valence-electron chi connectivity index (χ2n) is 3.16. The lowest BCUT2D eigenvalue weighted by Crippen LogP contribution is -2.24. The molecule has 2 atom stereocenters. The Balaban J connectivity index is 2.53. The lowest BCUT2D eigenvalue weighted by molar-refractivity contribution is 0.159. The van der Waals surface area contributed by atoms with Crippen molar-refractivity contribution in [3.8, 4) is 5.75 Å². The molecule has 0 bridgehead atoms. The zero-order chi connectivity index (χ0) is 8.72. The molecule has 1 aromatic rings. The molecule has 64 valence electrons. The van der Waals surface area contributed by atoms with Crippen LogP contribution in [0.5, 0.6) is 5.75 Å². The number of hydrogen-bond donors (Lipinski definition) is 3. The van der Waals surface area contributed by atoms with Crippen LogP contribution in [0.2, 0.25) is 0 Å². The summed E-state index contributed by atoms with van der Waals surface area (Å²) in [5.41, 5.74) is 7.19. The minimum Gasteiger partial charge on any atom is -0.508 e. The third-order valence-electron chi connectivity index (χ3n) is 2.35. The molecule has 0 radical (unpaired) electrons. The second-order valence-corrected chi connectivity index (χ2v) is 3.16. The lowest BCUT2D eigenvalue weighted by atomic mass is 10.1. The van der Waals surface area contributed by atoms with Crippen LogP contribution >= 0.6 is 0 Å². The van der Waals surface area contributed by atoms with Gasteiger partial charge in [-0.15, -0.1) is 0 Å². The van der Waals surface area contributed by atoms with Crippen molar-refractivity contribution in [2.24, 2.45) is 5.73 Å². The number of hydrogen-bond acceptors (Lipinski definition) is 3. The van der Waals surface area contributed by atoms with E-state index in [1.165, 1.54) is 0 Å². The Labute approximate surface area is 70.4 Å². The maximum atomic E-state index is 9.54. The molecule has 0 heterocycles. The normalized spacial score (nSPS) is 27.2. The van der Waals surface area contributed by atoms with Crippen molar-refractivity contribution in [2.75, 3.05) is 0 Å². The Morgan fingerprint density at radius 2 is 2.17 bits per heavy atom. The number of aliphatic hydroxyl groups excluding tert-OH is 1. The maximum Gasteiger partial charge on any atom is 0.119 e. The Hall–Kier alpha value is -1.06. The third-order valence-corrected chi connectivity index (χ3v) is 2.35. The Kier molecular flexibility index (Phi) is 1.56. The zero-order valence-corrected chi connectivity index (χ0v) is 6.57. The van der Waals surface area contributed by atoms with Crippen molar-refractivity contribution in [3.05, 3.63) is 29.3 Å². The molecule has 0 spiro atoms. The van der Waals surface area contributed by atoms with Gasteiger partial charge < -0.3 is 15.9 Å². The molecule has 2 rings (SSSR count). The van der Waals surface area contributed by atoms with Gasteiger partial charge in [-0.2, -0.15) is 0 Å². The fourth-order valence-electron chi connectivity index (χ4n) is 1.67. The smallest absolute Gasteiger partial charge is 0.119 e. The average molecular weight is 165 g/mol. The molecule has 4 N–H and O–H groups in total. The quantitative estimate of drug-likeness (QED) is 0.518. The molecule has 3 nitrogen and oxygen atoms in total. The Morgan fingerprint density at radius 1 is 1.42 bits per heavy atom. The van der Waals surface area contributed by atoms with Crippen LogP contribution in [0.25, 0.3) is 0 Å². The zero-order valence-electron chi connectivity index (χ0n) is 6.57. The van der Waals surface area contributed by atoms with Gasteiger partial charge in [0.1, 0.15) is 5.75 Å². The van der Waals surface area contributed by atoms with Crippen LogP contribution in [0.1, 0.15) is 17.2 Å². The van der Waals surface area contributed by atoms with Crippen LogP contribution in [-0.2, 0) is 6.42 Å². The molecule has 1 aromatic carbocycles. The van der Waals surface area contributed by atoms with Gasteiger partial charge in [0.15, 0.2) is 0 Å². The van der Waals surface area contributed by atoms with Crippen LogP contribution in [0.4, 0.5) is 0 Å². The highest BCUT2D eigenvalue weighted by Crippen LogP contribution is 2.35. The predicted molar refractivity (Wildman–Crippen MR) is 44.7 cm³/mol. The summed E-state index contributed by atoms with van der Waals surface area (Å²) in [6, 6.07) is 4.86. The van der Waals surface area contributed by atoms with Crippen molar-refractivity contribution >= 4 is 0 Å². The fourth-order valence-corrected chi connectivity index (χ4v) is 1.67. The van der Waals surface area contributed by atoms with Crippen LogP contribution in [0, 0.1) is 0 Å². The summed E-state index contributed by atoms with van der Waals surface area (Å²) in [4.78, 5) is 0. The largest absolute Gasteiger partial charge is 0.508 e. The van der Waals surface area contributed by atoms with Crippen molar-refractivity contribution in [2.45, 2.75) is 18.6 Å². The van der Waals surface area contributed by atoms with Crippen molar-refractivity contribution in [1.29, 1.82) is 0 Å². The minimum absolute atomic E-state index is 0.236. The highest BCUT2D eigenvalue weighted by atomic mass is 16.3. The molecule has 0 saturated heterocycles. The van der Waals surface area contributed by atoms with Gasteiger partial charge in [0, 0.05) is 11.6 Å². The summed E-state index contributed by atoms with van der Waals surface area (Å²) in [6.45, 7) is 0. The number of aromatic hydroxyl groups is 1. The molecule has 0 amide bonds. The van der Waals surface area contributed by atoms with Crippen molar-refractivity contribution < 1.29 is 10.2 Å². The van der Waals surface area contributed by atoms with Gasteiger partial charge in [0.2, 0.25) is 0 Å². The topological polar surface area (TPSA) is 66.5 Å². The Bertz CT molecular complexity index is 311. The SMILES string of the molecule is N[C@@H]1Cc2c(O)cccc2[C@H]1O. The minimum atomic E-state index is -0.618. The van der Waals surface area contributed by atoms with Gasteiger partial charge in [0.25, 0.3) is 0 Å². The number of fused-ring (bicyclic) bond motifs is 1. The first-order valence-corrected chi connectivity index (χ1v) is 3.94. The van der Waals surface area contributed by atoms with Gasteiger partial charge >= 0.3 is 0 Å². The lowest BCUT2D eigenvalue weighted by Gasteiger charge is -2.07. The first-order chi connectivity index (χ1) is 5.70. The standard InChI is InChI=1S/C9H11NO2/c10-7-4-6-5(9(7)12)2-1-3-8(6)11/h1-3,7,9,11-12H,4,10H2/t7-,9-/m1/s1. The van der Waals surface area contributed by atoms with E-state index in [0.717, 1.165) is 11.1 Å². The third kappa shape index (κ3) is 0.906. The molecule has 0 saturated carbocycles. The fraction of sp³-hybridized carbons (Fsp3) is 0.333. The first-order valence-electron chi connectivity index (χ1n) is 3.94. The first kappa shape index (κ1) is 7.58. The van der Waals surface area contributed by atoms with Gasteiger partial charge in [-0.3, -0.25) is 0 Å². The van der Waals surface area contributed by atoms with Gasteiger partial charge in [0.05, 0.1) is 6.10 Å². The van der Waals surface area contributed by atoms with E-state index < -0.39 is 6.10 Å². The van der Waals surface area contributed by atoms with Crippen LogP contribution < -0.4 is 5.73 Å². The summed E-state index contributed by atoms with van der Waals surface area (Å²) < 4.78 is 0. The van der Waals surface area contributed by atoms with E-state index in [4.69, 9.17) is 5.73 Å².